The molecule has 0 atom stereocenters. The van der Waals surface area contributed by atoms with Crippen molar-refractivity contribution in [3.05, 3.63) is 23.0 Å². The number of nitrogens with zero attached hydrogens (tertiary/aromatic N) is 1. The lowest BCUT2D eigenvalue weighted by Gasteiger charge is -2.18. The molecule has 0 saturated heterocycles. The summed E-state index contributed by atoms with van der Waals surface area (Å²) >= 11 is 0. The highest BCUT2D eigenvalue weighted by Gasteiger charge is 2.11. The molecule has 0 aliphatic heterocycles. The molecular formula is C15H27N3O. The molecule has 0 radical (unpaired) electrons. The van der Waals surface area contributed by atoms with E-state index in [4.69, 9.17) is 0 Å². The molecule has 4 nitrogen and oxygen atoms in total. The molecule has 2 N–H and O–H groups in total. The Morgan fingerprint density at radius 2 is 1.89 bits per heavy atom. The molecule has 4 heteroatoms. The van der Waals surface area contributed by atoms with Gasteiger partial charge < -0.3 is 15.2 Å². The van der Waals surface area contributed by atoms with Crippen LogP contribution in [-0.4, -0.2) is 23.7 Å². The standard InChI is InChI=1S/C15H27N3O/c1-11-9-13(12(2)18(11)6)7-8-16-14(19)17-10-15(3,4)5/h9H,7-8,10H2,1-6H3,(H2,16,17,19). The van der Waals surface area contributed by atoms with Crippen molar-refractivity contribution in [2.75, 3.05) is 13.1 Å². The van der Waals surface area contributed by atoms with Crippen molar-refractivity contribution < 1.29 is 4.79 Å². The maximum Gasteiger partial charge on any atom is 0.314 e. The van der Waals surface area contributed by atoms with E-state index in [1.54, 1.807) is 0 Å². The molecule has 0 spiro atoms. The second-order valence-electron chi connectivity index (χ2n) is 6.38. The van der Waals surface area contributed by atoms with Crippen LogP contribution < -0.4 is 10.6 Å². The Bertz CT molecular complexity index is 441. The quantitative estimate of drug-likeness (QED) is 0.863. The summed E-state index contributed by atoms with van der Waals surface area (Å²) in [5, 5.41) is 5.79. The van der Waals surface area contributed by atoms with E-state index in [2.05, 4.69) is 62.9 Å². The number of carbonyl (C=O) groups is 1. The van der Waals surface area contributed by atoms with Gasteiger partial charge in [0, 0.05) is 31.5 Å². The largest absolute Gasteiger partial charge is 0.352 e. The van der Waals surface area contributed by atoms with Gasteiger partial charge in [-0.3, -0.25) is 0 Å². The van der Waals surface area contributed by atoms with Crippen LogP contribution in [0.5, 0.6) is 0 Å². The zero-order valence-electron chi connectivity index (χ0n) is 13.1. The summed E-state index contributed by atoms with van der Waals surface area (Å²) in [7, 11) is 2.07. The molecule has 1 rings (SSSR count). The fourth-order valence-electron chi connectivity index (χ4n) is 1.91. The van der Waals surface area contributed by atoms with Crippen molar-refractivity contribution in [3.63, 3.8) is 0 Å². The Hall–Kier alpha value is -1.45. The van der Waals surface area contributed by atoms with E-state index in [9.17, 15) is 4.79 Å². The first-order chi connectivity index (χ1) is 8.70. The monoisotopic (exact) mass is 265 g/mol. The van der Waals surface area contributed by atoms with Crippen molar-refractivity contribution in [1.82, 2.24) is 15.2 Å². The van der Waals surface area contributed by atoms with Crippen molar-refractivity contribution in [2.24, 2.45) is 12.5 Å². The summed E-state index contributed by atoms with van der Waals surface area (Å²) in [6.45, 7) is 11.9. The lowest BCUT2D eigenvalue weighted by molar-refractivity contribution is 0.235. The Labute approximate surface area is 116 Å². The Kier molecular flexibility index (Phi) is 5.04. The molecule has 1 aromatic heterocycles. The molecule has 1 heterocycles. The van der Waals surface area contributed by atoms with Crippen molar-refractivity contribution >= 4 is 6.03 Å². The van der Waals surface area contributed by atoms with E-state index in [0.717, 1.165) is 6.42 Å². The number of carbonyl (C=O) groups excluding carboxylic acids is 1. The lowest BCUT2D eigenvalue weighted by atomic mass is 9.97. The maximum absolute atomic E-state index is 11.6. The number of rotatable bonds is 4. The molecule has 2 amide bonds. The zero-order valence-corrected chi connectivity index (χ0v) is 13.1. The van der Waals surface area contributed by atoms with Crippen LogP contribution in [0, 0.1) is 19.3 Å². The molecule has 108 valence electrons. The second-order valence-corrected chi connectivity index (χ2v) is 6.38. The van der Waals surface area contributed by atoms with Crippen molar-refractivity contribution in [3.8, 4) is 0 Å². The van der Waals surface area contributed by atoms with Gasteiger partial charge in [-0.25, -0.2) is 4.79 Å². The smallest absolute Gasteiger partial charge is 0.314 e. The number of amides is 2. The summed E-state index contributed by atoms with van der Waals surface area (Å²) < 4.78 is 2.18. The predicted molar refractivity (Wildman–Crippen MR) is 79.4 cm³/mol. The van der Waals surface area contributed by atoms with E-state index < -0.39 is 0 Å². The normalized spacial score (nSPS) is 11.5. The van der Waals surface area contributed by atoms with Crippen LogP contribution in [0.3, 0.4) is 0 Å². The van der Waals surface area contributed by atoms with Gasteiger partial charge in [0.25, 0.3) is 0 Å². The molecule has 0 fully saturated rings. The third-order valence-corrected chi connectivity index (χ3v) is 3.34. The molecule has 0 unspecified atom stereocenters. The topological polar surface area (TPSA) is 46.1 Å². The molecule has 0 bridgehead atoms. The summed E-state index contributed by atoms with van der Waals surface area (Å²) in [5.74, 6) is 0. The summed E-state index contributed by atoms with van der Waals surface area (Å²) in [6.07, 6.45) is 0.871. The first-order valence-electron chi connectivity index (χ1n) is 6.84. The van der Waals surface area contributed by atoms with Crippen LogP contribution in [-0.2, 0) is 13.5 Å². The van der Waals surface area contributed by atoms with Crippen LogP contribution in [0.4, 0.5) is 4.79 Å². The number of nitrogens with one attached hydrogen (secondary N) is 2. The van der Waals surface area contributed by atoms with Crippen LogP contribution in [0.1, 0.15) is 37.7 Å². The minimum atomic E-state index is -0.0831. The molecule has 0 aliphatic carbocycles. The predicted octanol–water partition coefficient (Wildman–Crippen LogP) is 2.53. The number of urea groups is 1. The SMILES string of the molecule is Cc1cc(CCNC(=O)NCC(C)(C)C)c(C)n1C. The van der Waals surface area contributed by atoms with Gasteiger partial charge in [-0.1, -0.05) is 20.8 Å². The van der Waals surface area contributed by atoms with E-state index in [1.165, 1.54) is 17.0 Å². The third kappa shape index (κ3) is 4.97. The summed E-state index contributed by atoms with van der Waals surface area (Å²) in [5.41, 5.74) is 3.94. The summed E-state index contributed by atoms with van der Waals surface area (Å²) in [6, 6.07) is 2.10. The zero-order chi connectivity index (χ0) is 14.6. The first-order valence-corrected chi connectivity index (χ1v) is 6.84. The van der Waals surface area contributed by atoms with E-state index in [-0.39, 0.29) is 11.4 Å². The van der Waals surface area contributed by atoms with Crippen LogP contribution in [0.2, 0.25) is 0 Å². The van der Waals surface area contributed by atoms with Gasteiger partial charge in [0.05, 0.1) is 0 Å². The number of aromatic nitrogens is 1. The van der Waals surface area contributed by atoms with Gasteiger partial charge in [0.2, 0.25) is 0 Å². The molecule has 19 heavy (non-hydrogen) atoms. The fraction of sp³-hybridized carbons (Fsp3) is 0.667. The van der Waals surface area contributed by atoms with Gasteiger partial charge in [0.1, 0.15) is 0 Å². The molecule has 0 aliphatic rings. The summed E-state index contributed by atoms with van der Waals surface area (Å²) in [4.78, 5) is 11.6. The van der Waals surface area contributed by atoms with Crippen molar-refractivity contribution in [2.45, 2.75) is 41.0 Å². The van der Waals surface area contributed by atoms with Crippen LogP contribution >= 0.6 is 0 Å². The average molecular weight is 265 g/mol. The van der Waals surface area contributed by atoms with Crippen LogP contribution in [0.25, 0.3) is 0 Å². The van der Waals surface area contributed by atoms with Gasteiger partial charge in [-0.2, -0.15) is 0 Å². The maximum atomic E-state index is 11.6. The number of hydrogen-bond donors (Lipinski definition) is 2. The Morgan fingerprint density at radius 1 is 1.26 bits per heavy atom. The molecule has 0 saturated carbocycles. The highest BCUT2D eigenvalue weighted by Crippen LogP contribution is 2.13. The van der Waals surface area contributed by atoms with Crippen LogP contribution in [0.15, 0.2) is 6.07 Å². The first kappa shape index (κ1) is 15.6. The van der Waals surface area contributed by atoms with Gasteiger partial charge in [-0.05, 0) is 37.3 Å². The second kappa shape index (κ2) is 6.13. The highest BCUT2D eigenvalue weighted by molar-refractivity contribution is 5.73. The molecule has 1 aromatic rings. The van der Waals surface area contributed by atoms with E-state index in [0.29, 0.717) is 13.1 Å². The minimum Gasteiger partial charge on any atom is -0.352 e. The molecule has 0 aromatic carbocycles. The number of hydrogen-bond acceptors (Lipinski definition) is 1. The van der Waals surface area contributed by atoms with Crippen molar-refractivity contribution in [1.29, 1.82) is 0 Å². The minimum absolute atomic E-state index is 0.0831. The van der Waals surface area contributed by atoms with E-state index in [1.807, 2.05) is 0 Å². The highest BCUT2D eigenvalue weighted by atomic mass is 16.2. The third-order valence-electron chi connectivity index (χ3n) is 3.34. The van der Waals surface area contributed by atoms with Gasteiger partial charge in [-0.15, -0.1) is 0 Å². The average Bonchev–Trinajstić information content (AvgIpc) is 2.54. The Morgan fingerprint density at radius 3 is 2.37 bits per heavy atom. The number of aryl methyl sites for hydroxylation is 1. The Balaban J connectivity index is 2.34. The van der Waals surface area contributed by atoms with Gasteiger partial charge in [0.15, 0.2) is 0 Å². The molecular weight excluding hydrogens is 238 g/mol. The lowest BCUT2D eigenvalue weighted by Crippen LogP contribution is -2.40. The fourth-order valence-corrected chi connectivity index (χ4v) is 1.91. The van der Waals surface area contributed by atoms with E-state index >= 15 is 0 Å². The van der Waals surface area contributed by atoms with Gasteiger partial charge >= 0.3 is 6.03 Å².